The summed E-state index contributed by atoms with van der Waals surface area (Å²) in [5, 5.41) is 10.3. The van der Waals surface area contributed by atoms with Crippen molar-refractivity contribution in [2.45, 2.75) is 0 Å². The molecule has 0 N–H and O–H groups in total. The lowest BCUT2D eigenvalue weighted by molar-refractivity contribution is 1.40. The lowest BCUT2D eigenvalue weighted by atomic mass is 9.95. The van der Waals surface area contributed by atoms with E-state index in [1.807, 2.05) is 24.3 Å². The normalized spacial score (nSPS) is 12.0. The van der Waals surface area contributed by atoms with Gasteiger partial charge in [0.25, 0.3) is 10.9 Å². The van der Waals surface area contributed by atoms with Crippen LogP contribution < -0.4 is 21.7 Å². The molecule has 0 fully saturated rings. The van der Waals surface area contributed by atoms with E-state index in [9.17, 15) is 19.2 Å². The smallest absolute Gasteiger partial charge is 0.277 e. The summed E-state index contributed by atoms with van der Waals surface area (Å²) in [5.41, 5.74) is -4.36. The Hall–Kier alpha value is -4.70. The molecule has 34 heavy (non-hydrogen) atoms. The molecule has 0 spiro atoms. The van der Waals surface area contributed by atoms with Crippen LogP contribution in [0.3, 0.4) is 0 Å². The zero-order valence-corrected chi connectivity index (χ0v) is 17.7. The SMILES string of the molecule is O=c1c(=O)c(=O)c2cc3cc4cc5cc6cc7ccccc7cc6cc5cc4cc3cc2c1=O. The Labute approximate surface area is 190 Å². The average Bonchev–Trinajstić information content (AvgIpc) is 2.85. The van der Waals surface area contributed by atoms with E-state index in [4.69, 9.17) is 0 Å². The van der Waals surface area contributed by atoms with Gasteiger partial charge in [0, 0.05) is 10.8 Å². The molecule has 0 aliphatic rings. The van der Waals surface area contributed by atoms with Crippen molar-refractivity contribution in [3.05, 3.63) is 126 Å². The summed E-state index contributed by atoms with van der Waals surface area (Å²) in [7, 11) is 0. The fourth-order valence-electron chi connectivity index (χ4n) is 5.07. The lowest BCUT2D eigenvalue weighted by Gasteiger charge is -2.09. The monoisotopic (exact) mass is 438 g/mol. The van der Waals surface area contributed by atoms with Crippen LogP contribution in [-0.2, 0) is 0 Å². The molecule has 0 aromatic heterocycles. The Morgan fingerprint density at radius 1 is 0.294 bits per heavy atom. The molecule has 7 aromatic rings. The first-order valence-electron chi connectivity index (χ1n) is 10.9. The molecular formula is C30H14O4. The average molecular weight is 438 g/mol. The fraction of sp³-hybridized carbons (Fsp3) is 0. The minimum Gasteiger partial charge on any atom is -0.285 e. The van der Waals surface area contributed by atoms with Crippen molar-refractivity contribution < 1.29 is 0 Å². The first kappa shape index (κ1) is 18.8. The Morgan fingerprint density at radius 2 is 0.559 bits per heavy atom. The molecular weight excluding hydrogens is 424 g/mol. The molecule has 0 aliphatic heterocycles. The van der Waals surface area contributed by atoms with E-state index >= 15 is 0 Å². The number of rotatable bonds is 0. The van der Waals surface area contributed by atoms with E-state index in [-0.39, 0.29) is 10.8 Å². The molecule has 0 aliphatic carbocycles. The van der Waals surface area contributed by atoms with Crippen LogP contribution in [0.25, 0.3) is 64.6 Å². The largest absolute Gasteiger partial charge is 0.285 e. The maximum atomic E-state index is 12.3. The molecule has 0 unspecified atom stereocenters. The van der Waals surface area contributed by atoms with E-state index in [1.54, 1.807) is 12.1 Å². The number of hydrogen-bond donors (Lipinski definition) is 0. The van der Waals surface area contributed by atoms with Gasteiger partial charge in [-0.2, -0.15) is 0 Å². The summed E-state index contributed by atoms with van der Waals surface area (Å²) in [5.74, 6) is 0. The molecule has 0 saturated heterocycles. The minimum absolute atomic E-state index is 0.000103. The summed E-state index contributed by atoms with van der Waals surface area (Å²) in [4.78, 5) is 48.4. The molecule has 4 heteroatoms. The second kappa shape index (κ2) is 6.42. The highest BCUT2D eigenvalue weighted by atomic mass is 16.2. The molecule has 0 radical (unpaired) electrons. The van der Waals surface area contributed by atoms with E-state index < -0.39 is 21.7 Å². The van der Waals surface area contributed by atoms with Crippen LogP contribution in [0.1, 0.15) is 0 Å². The van der Waals surface area contributed by atoms with Gasteiger partial charge in [-0.3, -0.25) is 19.2 Å². The highest BCUT2D eigenvalue weighted by Crippen LogP contribution is 2.32. The van der Waals surface area contributed by atoms with Gasteiger partial charge >= 0.3 is 0 Å². The van der Waals surface area contributed by atoms with Crippen molar-refractivity contribution >= 4 is 64.6 Å². The van der Waals surface area contributed by atoms with Gasteiger partial charge < -0.3 is 0 Å². The quantitative estimate of drug-likeness (QED) is 0.249. The van der Waals surface area contributed by atoms with Crippen molar-refractivity contribution in [1.29, 1.82) is 0 Å². The predicted molar refractivity (Wildman–Crippen MR) is 139 cm³/mol. The predicted octanol–water partition coefficient (Wildman–Crippen LogP) is 4.92. The topological polar surface area (TPSA) is 68.3 Å². The van der Waals surface area contributed by atoms with Crippen LogP contribution in [-0.4, -0.2) is 0 Å². The standard InChI is InChI=1S/C30H14O4/c31-27-25-13-23-11-21-9-19-7-17-5-15-3-1-2-4-16(15)6-18(17)8-20(19)10-22(21)12-24(23)14-26(25)28(32)30(34)29(27)33/h1-14H. The Kier molecular flexibility index (Phi) is 3.56. The zero-order valence-electron chi connectivity index (χ0n) is 17.7. The third kappa shape index (κ3) is 2.54. The van der Waals surface area contributed by atoms with Crippen molar-refractivity contribution in [2.24, 2.45) is 0 Å². The summed E-state index contributed by atoms with van der Waals surface area (Å²) in [6.45, 7) is 0. The van der Waals surface area contributed by atoms with E-state index in [0.717, 1.165) is 43.1 Å². The van der Waals surface area contributed by atoms with Crippen LogP contribution in [0.4, 0.5) is 0 Å². The molecule has 7 aromatic carbocycles. The van der Waals surface area contributed by atoms with Gasteiger partial charge in [-0.1, -0.05) is 24.3 Å². The van der Waals surface area contributed by atoms with Gasteiger partial charge in [0.2, 0.25) is 10.9 Å². The van der Waals surface area contributed by atoms with Gasteiger partial charge in [0.1, 0.15) is 0 Å². The highest BCUT2D eigenvalue weighted by Gasteiger charge is 2.14. The van der Waals surface area contributed by atoms with Crippen LogP contribution in [0.2, 0.25) is 0 Å². The zero-order chi connectivity index (χ0) is 23.1. The summed E-state index contributed by atoms with van der Waals surface area (Å²) >= 11 is 0. The van der Waals surface area contributed by atoms with Gasteiger partial charge in [0.05, 0.1) is 0 Å². The second-order valence-corrected chi connectivity index (χ2v) is 8.86. The van der Waals surface area contributed by atoms with Crippen molar-refractivity contribution in [3.8, 4) is 0 Å². The molecule has 0 atom stereocenters. The highest BCUT2D eigenvalue weighted by molar-refractivity contribution is 6.11. The van der Waals surface area contributed by atoms with Crippen molar-refractivity contribution in [2.75, 3.05) is 0 Å². The number of fused-ring (bicyclic) bond motifs is 6. The lowest BCUT2D eigenvalue weighted by Crippen LogP contribution is -2.46. The first-order valence-corrected chi connectivity index (χ1v) is 10.9. The Bertz CT molecular complexity index is 2090. The van der Waals surface area contributed by atoms with Gasteiger partial charge in [-0.15, -0.1) is 0 Å². The van der Waals surface area contributed by atoms with Gasteiger partial charge in [-0.25, -0.2) is 0 Å². The first-order chi connectivity index (χ1) is 16.5. The summed E-state index contributed by atoms with van der Waals surface area (Å²) < 4.78 is 0. The van der Waals surface area contributed by atoms with E-state index in [1.165, 1.54) is 10.8 Å². The molecule has 0 amide bonds. The maximum Gasteiger partial charge on any atom is 0.277 e. The van der Waals surface area contributed by atoms with Crippen LogP contribution >= 0.6 is 0 Å². The molecule has 0 bridgehead atoms. The van der Waals surface area contributed by atoms with Crippen LogP contribution in [0, 0.1) is 0 Å². The molecule has 7 rings (SSSR count). The summed E-state index contributed by atoms with van der Waals surface area (Å²) in [6, 6.07) is 28.3. The van der Waals surface area contributed by atoms with Crippen molar-refractivity contribution in [1.82, 2.24) is 0 Å². The fourth-order valence-corrected chi connectivity index (χ4v) is 5.07. The molecule has 158 valence electrons. The molecule has 0 heterocycles. The Balaban J connectivity index is 1.56. The Morgan fingerprint density at radius 3 is 0.882 bits per heavy atom. The summed E-state index contributed by atoms with van der Waals surface area (Å²) in [6.07, 6.45) is 0. The third-order valence-corrected chi connectivity index (χ3v) is 6.82. The maximum absolute atomic E-state index is 12.3. The second-order valence-electron chi connectivity index (χ2n) is 8.86. The molecule has 4 nitrogen and oxygen atoms in total. The van der Waals surface area contributed by atoms with Gasteiger partial charge in [0.15, 0.2) is 0 Å². The van der Waals surface area contributed by atoms with E-state index in [0.29, 0.717) is 0 Å². The number of benzene rings is 7. The number of hydrogen-bond acceptors (Lipinski definition) is 4. The molecule has 0 saturated carbocycles. The third-order valence-electron chi connectivity index (χ3n) is 6.82. The minimum atomic E-state index is -1.26. The van der Waals surface area contributed by atoms with Crippen LogP contribution in [0.15, 0.2) is 104 Å². The van der Waals surface area contributed by atoms with E-state index in [2.05, 4.69) is 48.5 Å². The van der Waals surface area contributed by atoms with Crippen molar-refractivity contribution in [3.63, 3.8) is 0 Å². The van der Waals surface area contributed by atoms with Crippen LogP contribution in [0.5, 0.6) is 0 Å². The van der Waals surface area contributed by atoms with Gasteiger partial charge in [-0.05, 0) is 115 Å².